The Morgan fingerprint density at radius 2 is 1.90 bits per heavy atom. The molecule has 0 atom stereocenters. The SMILES string of the molecule is Cc1nnc(NCCN2CCN(C)CC2)c(C#N)c1C. The largest absolute Gasteiger partial charge is 0.366 e. The molecule has 1 N–H and O–H groups in total. The molecule has 108 valence electrons. The molecule has 0 unspecified atom stereocenters. The van der Waals surface area contributed by atoms with Crippen molar-refractivity contribution in [3.8, 4) is 6.07 Å². The summed E-state index contributed by atoms with van der Waals surface area (Å²) in [4.78, 5) is 4.76. The van der Waals surface area contributed by atoms with Crippen LogP contribution in [0.3, 0.4) is 0 Å². The monoisotopic (exact) mass is 274 g/mol. The highest BCUT2D eigenvalue weighted by Crippen LogP contribution is 2.16. The van der Waals surface area contributed by atoms with Crippen LogP contribution in [0.25, 0.3) is 0 Å². The first-order chi connectivity index (χ1) is 9.61. The van der Waals surface area contributed by atoms with Gasteiger partial charge in [0, 0.05) is 39.3 Å². The highest BCUT2D eigenvalue weighted by atomic mass is 15.3. The Hall–Kier alpha value is -1.71. The first kappa shape index (κ1) is 14.7. The fourth-order valence-corrected chi connectivity index (χ4v) is 2.27. The number of rotatable bonds is 4. The van der Waals surface area contributed by atoms with E-state index in [0.29, 0.717) is 11.4 Å². The van der Waals surface area contributed by atoms with Gasteiger partial charge in [-0.1, -0.05) is 0 Å². The molecule has 20 heavy (non-hydrogen) atoms. The van der Waals surface area contributed by atoms with Crippen LogP contribution >= 0.6 is 0 Å². The Bertz CT molecular complexity index is 499. The Morgan fingerprint density at radius 3 is 2.55 bits per heavy atom. The minimum atomic E-state index is 0.602. The maximum absolute atomic E-state index is 9.23. The molecule has 1 aliphatic heterocycles. The highest BCUT2D eigenvalue weighted by molar-refractivity contribution is 5.55. The second kappa shape index (κ2) is 6.64. The van der Waals surface area contributed by atoms with E-state index in [4.69, 9.17) is 0 Å². The van der Waals surface area contributed by atoms with Gasteiger partial charge < -0.3 is 10.2 Å². The fourth-order valence-electron chi connectivity index (χ4n) is 2.27. The van der Waals surface area contributed by atoms with Crippen molar-refractivity contribution in [1.82, 2.24) is 20.0 Å². The number of hydrogen-bond acceptors (Lipinski definition) is 6. The van der Waals surface area contributed by atoms with Gasteiger partial charge in [-0.15, -0.1) is 5.10 Å². The number of aryl methyl sites for hydroxylation is 1. The van der Waals surface area contributed by atoms with Gasteiger partial charge in [0.1, 0.15) is 11.6 Å². The van der Waals surface area contributed by atoms with E-state index in [1.165, 1.54) is 0 Å². The molecular formula is C14H22N6. The zero-order valence-electron chi connectivity index (χ0n) is 12.5. The van der Waals surface area contributed by atoms with Gasteiger partial charge in [-0.3, -0.25) is 4.90 Å². The van der Waals surface area contributed by atoms with Crippen LogP contribution in [0, 0.1) is 25.2 Å². The van der Waals surface area contributed by atoms with Crippen molar-refractivity contribution >= 4 is 5.82 Å². The molecule has 2 rings (SSSR count). The second-order valence-electron chi connectivity index (χ2n) is 5.32. The topological polar surface area (TPSA) is 68.1 Å². The molecule has 0 saturated carbocycles. The van der Waals surface area contributed by atoms with Crippen molar-refractivity contribution in [1.29, 1.82) is 5.26 Å². The first-order valence-corrected chi connectivity index (χ1v) is 7.00. The van der Waals surface area contributed by atoms with Crippen LogP contribution in [0.15, 0.2) is 0 Å². The fraction of sp³-hybridized carbons (Fsp3) is 0.643. The molecule has 0 spiro atoms. The molecule has 1 saturated heterocycles. The molecule has 0 aromatic carbocycles. The normalized spacial score (nSPS) is 16.9. The van der Waals surface area contributed by atoms with Crippen LogP contribution in [0.2, 0.25) is 0 Å². The molecule has 0 aliphatic carbocycles. The maximum Gasteiger partial charge on any atom is 0.166 e. The number of hydrogen-bond donors (Lipinski definition) is 1. The van der Waals surface area contributed by atoms with Gasteiger partial charge >= 0.3 is 0 Å². The Labute approximate surface area is 120 Å². The van der Waals surface area contributed by atoms with Crippen molar-refractivity contribution in [2.75, 3.05) is 51.6 Å². The van der Waals surface area contributed by atoms with E-state index in [-0.39, 0.29) is 0 Å². The van der Waals surface area contributed by atoms with Gasteiger partial charge in [0.25, 0.3) is 0 Å². The van der Waals surface area contributed by atoms with Gasteiger partial charge in [-0.25, -0.2) is 0 Å². The predicted molar refractivity (Wildman–Crippen MR) is 78.6 cm³/mol. The third-order valence-corrected chi connectivity index (χ3v) is 3.88. The lowest BCUT2D eigenvalue weighted by molar-refractivity contribution is 0.158. The molecule has 0 radical (unpaired) electrons. The third kappa shape index (κ3) is 3.44. The zero-order chi connectivity index (χ0) is 14.5. The van der Waals surface area contributed by atoms with Crippen LogP contribution in [0.1, 0.15) is 16.8 Å². The van der Waals surface area contributed by atoms with Gasteiger partial charge in [0.2, 0.25) is 0 Å². The van der Waals surface area contributed by atoms with E-state index in [9.17, 15) is 5.26 Å². The Balaban J connectivity index is 1.89. The molecule has 2 heterocycles. The lowest BCUT2D eigenvalue weighted by Crippen LogP contribution is -2.45. The summed E-state index contributed by atoms with van der Waals surface area (Å²) in [6.07, 6.45) is 0. The van der Waals surface area contributed by atoms with Gasteiger partial charge in [-0.2, -0.15) is 10.4 Å². The summed E-state index contributed by atoms with van der Waals surface area (Å²) in [5.41, 5.74) is 2.33. The average molecular weight is 274 g/mol. The molecular weight excluding hydrogens is 252 g/mol. The van der Waals surface area contributed by atoms with Gasteiger partial charge in [-0.05, 0) is 26.5 Å². The van der Waals surface area contributed by atoms with E-state index in [1.807, 2.05) is 13.8 Å². The van der Waals surface area contributed by atoms with Crippen LogP contribution in [0.4, 0.5) is 5.82 Å². The number of aromatic nitrogens is 2. The van der Waals surface area contributed by atoms with E-state index >= 15 is 0 Å². The molecule has 1 fully saturated rings. The summed E-state index contributed by atoms with van der Waals surface area (Å²) in [5.74, 6) is 0.602. The minimum absolute atomic E-state index is 0.602. The van der Waals surface area contributed by atoms with Crippen molar-refractivity contribution in [3.05, 3.63) is 16.8 Å². The number of likely N-dealkylation sites (N-methyl/N-ethyl adjacent to an activating group) is 1. The Morgan fingerprint density at radius 1 is 1.20 bits per heavy atom. The van der Waals surface area contributed by atoms with E-state index in [0.717, 1.165) is 50.5 Å². The van der Waals surface area contributed by atoms with E-state index in [1.54, 1.807) is 0 Å². The maximum atomic E-state index is 9.23. The number of anilines is 1. The predicted octanol–water partition coefficient (Wildman–Crippen LogP) is 0.624. The lowest BCUT2D eigenvalue weighted by Gasteiger charge is -2.32. The smallest absolute Gasteiger partial charge is 0.166 e. The van der Waals surface area contributed by atoms with Crippen molar-refractivity contribution in [3.63, 3.8) is 0 Å². The summed E-state index contributed by atoms with van der Waals surface area (Å²) in [5, 5.41) is 20.6. The standard InChI is InChI=1S/C14H22N6/c1-11-12(2)17-18-14(13(11)10-15)16-4-5-20-8-6-19(3)7-9-20/h4-9H2,1-3H3,(H,16,18). The van der Waals surface area contributed by atoms with E-state index in [2.05, 4.69) is 38.4 Å². The van der Waals surface area contributed by atoms with Crippen LogP contribution in [-0.4, -0.2) is 66.3 Å². The Kier molecular flexibility index (Phi) is 4.88. The van der Waals surface area contributed by atoms with Crippen LogP contribution in [-0.2, 0) is 0 Å². The number of nitrogens with one attached hydrogen (secondary N) is 1. The van der Waals surface area contributed by atoms with Gasteiger partial charge in [0.15, 0.2) is 5.82 Å². The summed E-state index contributed by atoms with van der Waals surface area (Å²) in [6, 6.07) is 2.21. The molecule has 0 amide bonds. The number of nitrogens with zero attached hydrogens (tertiary/aromatic N) is 5. The third-order valence-electron chi connectivity index (χ3n) is 3.88. The first-order valence-electron chi connectivity index (χ1n) is 7.00. The lowest BCUT2D eigenvalue weighted by atomic mass is 10.1. The van der Waals surface area contributed by atoms with Crippen LogP contribution < -0.4 is 5.32 Å². The molecule has 6 heteroatoms. The summed E-state index contributed by atoms with van der Waals surface area (Å²) < 4.78 is 0. The minimum Gasteiger partial charge on any atom is -0.366 e. The van der Waals surface area contributed by atoms with Crippen molar-refractivity contribution < 1.29 is 0 Å². The van der Waals surface area contributed by atoms with Crippen molar-refractivity contribution in [2.45, 2.75) is 13.8 Å². The summed E-state index contributed by atoms with van der Waals surface area (Å²) in [6.45, 7) is 9.97. The van der Waals surface area contributed by atoms with Crippen LogP contribution in [0.5, 0.6) is 0 Å². The molecule has 6 nitrogen and oxygen atoms in total. The second-order valence-corrected chi connectivity index (χ2v) is 5.32. The molecule has 1 aromatic heterocycles. The average Bonchev–Trinajstić information content (AvgIpc) is 2.45. The quantitative estimate of drug-likeness (QED) is 0.868. The molecule has 1 aromatic rings. The molecule has 0 bridgehead atoms. The van der Waals surface area contributed by atoms with Crippen molar-refractivity contribution in [2.24, 2.45) is 0 Å². The molecule has 1 aliphatic rings. The summed E-state index contributed by atoms with van der Waals surface area (Å²) in [7, 11) is 2.15. The number of nitriles is 1. The van der Waals surface area contributed by atoms with E-state index < -0.39 is 0 Å². The highest BCUT2D eigenvalue weighted by Gasteiger charge is 2.14. The number of piperazine rings is 1. The summed E-state index contributed by atoms with van der Waals surface area (Å²) >= 11 is 0. The zero-order valence-corrected chi connectivity index (χ0v) is 12.5. The van der Waals surface area contributed by atoms with Gasteiger partial charge in [0.05, 0.1) is 5.69 Å².